The lowest BCUT2D eigenvalue weighted by atomic mass is 10.3. The van der Waals surface area contributed by atoms with Gasteiger partial charge in [-0.25, -0.2) is 16.8 Å². The van der Waals surface area contributed by atoms with Crippen LogP contribution in [0.4, 0.5) is 11.4 Å². The summed E-state index contributed by atoms with van der Waals surface area (Å²) in [5.74, 6) is 0. The molecule has 0 atom stereocenters. The number of sulfonamides is 2. The smallest absolute Gasteiger partial charge is 0.289 e. The van der Waals surface area contributed by atoms with Gasteiger partial charge in [0.25, 0.3) is 11.4 Å². The highest BCUT2D eigenvalue weighted by Crippen LogP contribution is 2.26. The maximum Gasteiger partial charge on any atom is 0.289 e. The molecule has 0 saturated carbocycles. The second-order valence-electron chi connectivity index (χ2n) is 7.41. The summed E-state index contributed by atoms with van der Waals surface area (Å²) in [7, 11) is -3.99. The molecule has 0 bridgehead atoms. The van der Waals surface area contributed by atoms with Gasteiger partial charge in [0, 0.05) is 52.4 Å². The number of likely N-dealkylation sites (N-methyl/N-ethyl adjacent to an activating group) is 3. The molecule has 2 aromatic rings. The minimum atomic E-state index is -4.12. The quantitative estimate of drug-likeness (QED) is 0.300. The molecular formula is C19H25N5O8S2. The van der Waals surface area contributed by atoms with Crippen LogP contribution in [0.2, 0.25) is 0 Å². The Balaban J connectivity index is 2.01. The number of nitro groups is 2. The third kappa shape index (κ3) is 6.12. The van der Waals surface area contributed by atoms with E-state index in [0.717, 1.165) is 32.9 Å². The van der Waals surface area contributed by atoms with E-state index >= 15 is 0 Å². The summed E-state index contributed by atoms with van der Waals surface area (Å²) >= 11 is 0. The molecule has 13 nitrogen and oxygen atoms in total. The van der Waals surface area contributed by atoms with Crippen LogP contribution in [0.15, 0.2) is 58.3 Å². The van der Waals surface area contributed by atoms with E-state index in [0.29, 0.717) is 0 Å². The van der Waals surface area contributed by atoms with Gasteiger partial charge in [0.1, 0.15) is 0 Å². The molecule has 0 aliphatic carbocycles. The Kier molecular flexibility index (Phi) is 8.79. The highest BCUT2D eigenvalue weighted by atomic mass is 32.2. The van der Waals surface area contributed by atoms with Crippen LogP contribution in [0.25, 0.3) is 0 Å². The van der Waals surface area contributed by atoms with Crippen LogP contribution in [-0.2, 0) is 20.0 Å². The van der Waals surface area contributed by atoms with Crippen LogP contribution in [-0.4, -0.2) is 87.5 Å². The van der Waals surface area contributed by atoms with E-state index < -0.39 is 51.1 Å². The first kappa shape index (κ1) is 27.3. The molecule has 186 valence electrons. The van der Waals surface area contributed by atoms with Crippen LogP contribution in [0.5, 0.6) is 0 Å². The van der Waals surface area contributed by atoms with Crippen molar-refractivity contribution in [3.05, 3.63) is 68.8 Å². The Labute approximate surface area is 197 Å². The average molecular weight is 516 g/mol. The molecule has 0 radical (unpaired) electrons. The summed E-state index contributed by atoms with van der Waals surface area (Å²) in [6.07, 6.45) is 0. The van der Waals surface area contributed by atoms with Crippen LogP contribution in [0.1, 0.15) is 0 Å². The Morgan fingerprint density at radius 2 is 0.971 bits per heavy atom. The van der Waals surface area contributed by atoms with Gasteiger partial charge < -0.3 is 4.90 Å². The number of para-hydroxylation sites is 2. The summed E-state index contributed by atoms with van der Waals surface area (Å²) in [5.41, 5.74) is -1.05. The van der Waals surface area contributed by atoms with Gasteiger partial charge in [0.05, 0.1) is 9.85 Å². The van der Waals surface area contributed by atoms with Gasteiger partial charge in [0.15, 0.2) is 9.79 Å². The Bertz CT molecular complexity index is 1170. The maximum atomic E-state index is 12.8. The van der Waals surface area contributed by atoms with Crippen molar-refractivity contribution in [3.8, 4) is 0 Å². The predicted octanol–water partition coefficient (Wildman–Crippen LogP) is 1.38. The molecular weight excluding hydrogens is 490 g/mol. The van der Waals surface area contributed by atoms with Gasteiger partial charge in [-0.05, 0) is 19.2 Å². The minimum absolute atomic E-state index is 0.00843. The van der Waals surface area contributed by atoms with Crippen molar-refractivity contribution < 1.29 is 26.7 Å². The second-order valence-corrected chi connectivity index (χ2v) is 11.4. The minimum Gasteiger partial charge on any atom is -0.304 e. The average Bonchev–Trinajstić information content (AvgIpc) is 2.80. The molecule has 2 rings (SSSR count). The maximum absolute atomic E-state index is 12.8. The fourth-order valence-electron chi connectivity index (χ4n) is 2.96. The monoisotopic (exact) mass is 515 g/mol. The van der Waals surface area contributed by atoms with E-state index in [4.69, 9.17) is 0 Å². The van der Waals surface area contributed by atoms with Crippen molar-refractivity contribution in [2.75, 3.05) is 47.3 Å². The lowest BCUT2D eigenvalue weighted by molar-refractivity contribution is -0.388. The van der Waals surface area contributed by atoms with Crippen LogP contribution < -0.4 is 0 Å². The fourth-order valence-corrected chi connectivity index (χ4v) is 5.59. The second kappa shape index (κ2) is 11.0. The summed E-state index contributed by atoms with van der Waals surface area (Å²) in [5, 5.41) is 22.3. The van der Waals surface area contributed by atoms with E-state index in [9.17, 15) is 37.1 Å². The summed E-state index contributed by atoms with van der Waals surface area (Å²) < 4.78 is 53.1. The summed E-state index contributed by atoms with van der Waals surface area (Å²) in [4.78, 5) is 21.7. The molecule has 0 aliphatic heterocycles. The van der Waals surface area contributed by atoms with Crippen molar-refractivity contribution in [2.24, 2.45) is 0 Å². The number of nitrogens with zero attached hydrogens (tertiary/aromatic N) is 5. The predicted molar refractivity (Wildman–Crippen MR) is 123 cm³/mol. The molecule has 0 N–H and O–H groups in total. The molecule has 0 fully saturated rings. The van der Waals surface area contributed by atoms with Gasteiger partial charge in [-0.3, -0.25) is 20.2 Å². The molecule has 2 aromatic carbocycles. The van der Waals surface area contributed by atoms with Gasteiger partial charge in [-0.2, -0.15) is 8.61 Å². The van der Waals surface area contributed by atoms with Crippen molar-refractivity contribution in [2.45, 2.75) is 9.79 Å². The highest BCUT2D eigenvalue weighted by Gasteiger charge is 2.30. The summed E-state index contributed by atoms with van der Waals surface area (Å²) in [6.45, 7) is 0.391. The highest BCUT2D eigenvalue weighted by molar-refractivity contribution is 7.89. The van der Waals surface area contributed by atoms with Crippen LogP contribution >= 0.6 is 0 Å². The van der Waals surface area contributed by atoms with Crippen molar-refractivity contribution >= 4 is 31.4 Å². The number of rotatable bonds is 12. The largest absolute Gasteiger partial charge is 0.304 e. The fraction of sp³-hybridized carbons (Fsp3) is 0.368. The van der Waals surface area contributed by atoms with E-state index in [1.807, 2.05) is 0 Å². The number of hydrogen-bond acceptors (Lipinski definition) is 9. The molecule has 0 heterocycles. The Hall–Kier alpha value is -2.98. The Morgan fingerprint density at radius 1 is 0.647 bits per heavy atom. The lowest BCUT2D eigenvalue weighted by Crippen LogP contribution is -2.39. The van der Waals surface area contributed by atoms with Crippen molar-refractivity contribution in [1.29, 1.82) is 0 Å². The van der Waals surface area contributed by atoms with E-state index in [1.54, 1.807) is 11.9 Å². The van der Waals surface area contributed by atoms with E-state index in [-0.39, 0.29) is 26.2 Å². The normalized spacial score (nSPS) is 12.4. The van der Waals surface area contributed by atoms with Crippen molar-refractivity contribution in [1.82, 2.24) is 13.5 Å². The van der Waals surface area contributed by atoms with Crippen LogP contribution in [0, 0.1) is 20.2 Å². The zero-order valence-corrected chi connectivity index (χ0v) is 20.4. The summed E-state index contributed by atoms with van der Waals surface area (Å²) in [6, 6.07) is 10.1. The first-order chi connectivity index (χ1) is 15.8. The van der Waals surface area contributed by atoms with E-state index in [2.05, 4.69) is 0 Å². The number of nitro benzene ring substituents is 2. The first-order valence-electron chi connectivity index (χ1n) is 9.88. The molecule has 15 heteroatoms. The number of hydrogen-bond donors (Lipinski definition) is 0. The Morgan fingerprint density at radius 3 is 1.29 bits per heavy atom. The van der Waals surface area contributed by atoms with Gasteiger partial charge in [0.2, 0.25) is 20.0 Å². The third-order valence-electron chi connectivity index (χ3n) is 5.09. The van der Waals surface area contributed by atoms with Gasteiger partial charge in [-0.1, -0.05) is 24.3 Å². The zero-order chi connectivity index (χ0) is 25.7. The van der Waals surface area contributed by atoms with Gasteiger partial charge >= 0.3 is 0 Å². The van der Waals surface area contributed by atoms with Crippen LogP contribution in [0.3, 0.4) is 0 Å². The molecule has 0 unspecified atom stereocenters. The lowest BCUT2D eigenvalue weighted by Gasteiger charge is -2.24. The molecule has 0 saturated heterocycles. The standard InChI is InChI=1S/C19H25N5O8S2/c1-20(12-14-21(2)33(29,30)18-10-6-4-8-16(18)23(25)26)13-15-22(3)34(31,32)19-11-7-5-9-17(19)24(27)28/h4-11H,12-15H2,1-3H3. The van der Waals surface area contributed by atoms with E-state index in [1.165, 1.54) is 38.4 Å². The molecule has 0 amide bonds. The zero-order valence-electron chi connectivity index (χ0n) is 18.8. The third-order valence-corrected chi connectivity index (χ3v) is 8.90. The number of benzene rings is 2. The van der Waals surface area contributed by atoms with Gasteiger partial charge in [-0.15, -0.1) is 0 Å². The topological polar surface area (TPSA) is 164 Å². The molecule has 34 heavy (non-hydrogen) atoms. The molecule has 0 aromatic heterocycles. The molecule has 0 aliphatic rings. The SMILES string of the molecule is CN(CCN(C)S(=O)(=O)c1ccccc1[N+](=O)[O-])CCN(C)S(=O)(=O)c1ccccc1[N+](=O)[O-]. The first-order valence-corrected chi connectivity index (χ1v) is 12.8. The van der Waals surface area contributed by atoms with Crippen molar-refractivity contribution in [3.63, 3.8) is 0 Å². The molecule has 0 spiro atoms.